The van der Waals surface area contributed by atoms with E-state index >= 15 is 0 Å². The summed E-state index contributed by atoms with van der Waals surface area (Å²) in [6.45, 7) is 0. The molecule has 1 aliphatic rings. The highest BCUT2D eigenvalue weighted by Crippen LogP contribution is 2.46. The Morgan fingerprint density at radius 1 is 1.56 bits per heavy atom. The van der Waals surface area contributed by atoms with Crippen LogP contribution >= 0.6 is 0 Å². The van der Waals surface area contributed by atoms with Gasteiger partial charge in [0.25, 0.3) is 0 Å². The monoisotopic (exact) mass is 254 g/mol. The number of halogens is 1. The molecular formula is C13H15FO4. The second-order valence-electron chi connectivity index (χ2n) is 4.60. The van der Waals surface area contributed by atoms with Gasteiger partial charge in [0.1, 0.15) is 0 Å². The Kier molecular flexibility index (Phi) is 3.41. The van der Waals surface area contributed by atoms with E-state index in [1.54, 1.807) is 0 Å². The number of benzene rings is 1. The van der Waals surface area contributed by atoms with Crippen LogP contribution in [-0.4, -0.2) is 23.3 Å². The zero-order chi connectivity index (χ0) is 13.3. The quantitative estimate of drug-likeness (QED) is 0.847. The molecule has 0 aliphatic heterocycles. The largest absolute Gasteiger partial charge is 0.504 e. The molecule has 0 bridgehead atoms. The zero-order valence-corrected chi connectivity index (χ0v) is 10.0. The van der Waals surface area contributed by atoms with Crippen LogP contribution < -0.4 is 4.74 Å². The number of aliphatic carboxylic acids is 1. The molecule has 1 saturated carbocycles. The fourth-order valence-corrected chi connectivity index (χ4v) is 2.26. The average molecular weight is 254 g/mol. The second kappa shape index (κ2) is 4.84. The molecule has 0 aromatic heterocycles. The van der Waals surface area contributed by atoms with Gasteiger partial charge in [0.2, 0.25) is 0 Å². The van der Waals surface area contributed by atoms with E-state index in [4.69, 9.17) is 9.84 Å². The van der Waals surface area contributed by atoms with Crippen LogP contribution in [0.5, 0.6) is 11.5 Å². The summed E-state index contributed by atoms with van der Waals surface area (Å²) in [7, 11) is 1.27. The lowest BCUT2D eigenvalue weighted by Crippen LogP contribution is -2.09. The van der Waals surface area contributed by atoms with Crippen LogP contribution in [0, 0.1) is 11.7 Å². The number of hydrogen-bond acceptors (Lipinski definition) is 3. The number of carbonyl (C=O) groups is 1. The lowest BCUT2D eigenvalue weighted by Gasteiger charge is -2.16. The number of methoxy groups -OCH3 is 1. The third-order valence-corrected chi connectivity index (χ3v) is 3.26. The van der Waals surface area contributed by atoms with Crippen molar-refractivity contribution in [1.29, 1.82) is 0 Å². The summed E-state index contributed by atoms with van der Waals surface area (Å²) in [5, 5.41) is 18.5. The first-order valence-electron chi connectivity index (χ1n) is 5.81. The van der Waals surface area contributed by atoms with Gasteiger partial charge >= 0.3 is 5.97 Å². The third kappa shape index (κ3) is 2.55. The van der Waals surface area contributed by atoms with Crippen molar-refractivity contribution in [3.8, 4) is 11.5 Å². The maximum atomic E-state index is 13.7. The maximum absolute atomic E-state index is 13.7. The molecule has 1 aromatic rings. The number of phenols is 1. The molecule has 1 aromatic carbocycles. The predicted molar refractivity (Wildman–Crippen MR) is 62.3 cm³/mol. The second-order valence-corrected chi connectivity index (χ2v) is 4.60. The summed E-state index contributed by atoms with van der Waals surface area (Å²) in [6.07, 6.45) is 1.86. The van der Waals surface area contributed by atoms with Crippen LogP contribution in [-0.2, 0) is 4.79 Å². The molecular weight excluding hydrogens is 239 g/mol. The number of carboxylic acid groups (broad SMARTS) is 1. The summed E-state index contributed by atoms with van der Waals surface area (Å²) in [6, 6.07) is 2.65. The van der Waals surface area contributed by atoms with Crippen molar-refractivity contribution >= 4 is 5.97 Å². The molecule has 0 radical (unpaired) electrons. The van der Waals surface area contributed by atoms with E-state index in [1.807, 2.05) is 0 Å². The fraction of sp³-hybridized carbons (Fsp3) is 0.462. The van der Waals surface area contributed by atoms with E-state index in [-0.39, 0.29) is 29.8 Å². The normalized spacial score (nSPS) is 16.3. The minimum atomic E-state index is -0.914. The van der Waals surface area contributed by atoms with E-state index < -0.39 is 11.8 Å². The highest BCUT2D eigenvalue weighted by Gasteiger charge is 2.34. The Hall–Kier alpha value is -1.78. The van der Waals surface area contributed by atoms with E-state index in [0.717, 1.165) is 12.8 Å². The minimum absolute atomic E-state index is 0.0458. The Labute approximate surface area is 104 Å². The van der Waals surface area contributed by atoms with Gasteiger partial charge in [-0.15, -0.1) is 0 Å². The standard InChI is InChI=1S/C13H15FO4/c1-18-13-10(14)4-8(5-11(13)15)9(6-12(16)17)7-2-3-7/h4-5,7,9,15H,2-3,6H2,1H3,(H,16,17). The highest BCUT2D eigenvalue weighted by atomic mass is 19.1. The first kappa shape index (κ1) is 12.7. The first-order chi connectivity index (χ1) is 8.52. The van der Waals surface area contributed by atoms with Crippen LogP contribution in [0.3, 0.4) is 0 Å². The van der Waals surface area contributed by atoms with Gasteiger partial charge in [-0.25, -0.2) is 4.39 Å². The number of phenolic OH excluding ortho intramolecular Hbond substituents is 1. The van der Waals surface area contributed by atoms with E-state index in [9.17, 15) is 14.3 Å². The molecule has 1 unspecified atom stereocenters. The minimum Gasteiger partial charge on any atom is -0.504 e. The van der Waals surface area contributed by atoms with E-state index in [0.29, 0.717) is 5.56 Å². The van der Waals surface area contributed by atoms with Gasteiger partial charge in [0, 0.05) is 0 Å². The van der Waals surface area contributed by atoms with Gasteiger partial charge < -0.3 is 14.9 Å². The van der Waals surface area contributed by atoms with Crippen LogP contribution in [0.1, 0.15) is 30.7 Å². The number of carboxylic acids is 1. The van der Waals surface area contributed by atoms with Gasteiger partial charge in [-0.1, -0.05) is 0 Å². The number of ether oxygens (including phenoxy) is 1. The van der Waals surface area contributed by atoms with E-state index in [1.165, 1.54) is 19.2 Å². The summed E-state index contributed by atoms with van der Waals surface area (Å²) in [5.74, 6) is -2.04. The van der Waals surface area contributed by atoms with Crippen molar-refractivity contribution in [3.05, 3.63) is 23.5 Å². The van der Waals surface area contributed by atoms with Crippen molar-refractivity contribution in [2.45, 2.75) is 25.2 Å². The summed E-state index contributed by atoms with van der Waals surface area (Å²) < 4.78 is 18.4. The molecule has 0 saturated heterocycles. The molecule has 98 valence electrons. The Morgan fingerprint density at radius 3 is 2.67 bits per heavy atom. The molecule has 0 heterocycles. The Bertz CT molecular complexity index is 445. The SMILES string of the molecule is COc1c(O)cc(C(CC(=O)O)C2CC2)cc1F. The molecule has 0 amide bonds. The molecule has 4 nitrogen and oxygen atoms in total. The predicted octanol–water partition coefficient (Wildman–Crippen LogP) is 2.51. The lowest BCUT2D eigenvalue weighted by molar-refractivity contribution is -0.137. The first-order valence-corrected chi connectivity index (χ1v) is 5.81. The Morgan fingerprint density at radius 2 is 2.22 bits per heavy atom. The van der Waals surface area contributed by atoms with Crippen LogP contribution in [0.15, 0.2) is 12.1 Å². The van der Waals surface area contributed by atoms with E-state index in [2.05, 4.69) is 0 Å². The smallest absolute Gasteiger partial charge is 0.303 e. The van der Waals surface area contributed by atoms with Crippen molar-refractivity contribution < 1.29 is 24.1 Å². The number of aromatic hydroxyl groups is 1. The van der Waals surface area contributed by atoms with Gasteiger partial charge in [-0.2, -0.15) is 0 Å². The molecule has 0 spiro atoms. The van der Waals surface area contributed by atoms with Crippen molar-refractivity contribution in [2.75, 3.05) is 7.11 Å². The number of rotatable bonds is 5. The average Bonchev–Trinajstić information content (AvgIpc) is 3.09. The fourth-order valence-electron chi connectivity index (χ4n) is 2.26. The zero-order valence-electron chi connectivity index (χ0n) is 10.0. The molecule has 5 heteroatoms. The van der Waals surface area contributed by atoms with Gasteiger partial charge in [0.15, 0.2) is 17.3 Å². The lowest BCUT2D eigenvalue weighted by atomic mass is 9.90. The van der Waals surface area contributed by atoms with Crippen LogP contribution in [0.4, 0.5) is 4.39 Å². The summed E-state index contributed by atoms with van der Waals surface area (Å²) in [4.78, 5) is 10.8. The Balaban J connectivity index is 2.33. The molecule has 1 fully saturated rings. The molecule has 18 heavy (non-hydrogen) atoms. The third-order valence-electron chi connectivity index (χ3n) is 3.26. The molecule has 1 atom stereocenters. The van der Waals surface area contributed by atoms with Crippen LogP contribution in [0.25, 0.3) is 0 Å². The van der Waals surface area contributed by atoms with Gasteiger partial charge in [0.05, 0.1) is 13.5 Å². The van der Waals surface area contributed by atoms with Gasteiger partial charge in [-0.3, -0.25) is 4.79 Å². The summed E-state index contributed by atoms with van der Waals surface area (Å²) in [5.41, 5.74) is 0.524. The molecule has 1 aliphatic carbocycles. The maximum Gasteiger partial charge on any atom is 0.303 e. The van der Waals surface area contributed by atoms with Gasteiger partial charge in [-0.05, 0) is 42.4 Å². The topological polar surface area (TPSA) is 66.8 Å². The molecule has 2 rings (SSSR count). The van der Waals surface area contributed by atoms with Crippen molar-refractivity contribution in [3.63, 3.8) is 0 Å². The molecule has 2 N–H and O–H groups in total. The number of hydrogen-bond donors (Lipinski definition) is 2. The summed E-state index contributed by atoms with van der Waals surface area (Å²) >= 11 is 0. The van der Waals surface area contributed by atoms with Crippen LogP contribution in [0.2, 0.25) is 0 Å². The highest BCUT2D eigenvalue weighted by molar-refractivity contribution is 5.68. The van der Waals surface area contributed by atoms with Crippen molar-refractivity contribution in [2.24, 2.45) is 5.92 Å². The van der Waals surface area contributed by atoms with Crippen molar-refractivity contribution in [1.82, 2.24) is 0 Å².